The maximum Gasteiger partial charge on any atom is 0.187 e. The molecule has 0 unspecified atom stereocenters. The second-order valence-corrected chi connectivity index (χ2v) is 5.24. The third kappa shape index (κ3) is 4.85. The minimum Gasteiger partial charge on any atom is -0.493 e. The van der Waals surface area contributed by atoms with Crippen LogP contribution in [0.25, 0.3) is 0 Å². The second-order valence-electron chi connectivity index (χ2n) is 4.83. The first-order chi connectivity index (χ1) is 10.7. The van der Waals surface area contributed by atoms with Gasteiger partial charge in [0, 0.05) is 13.2 Å². The fraction of sp³-hybridized carbons (Fsp3) is 0.467. The maximum atomic E-state index is 5.51. The first-order valence-corrected chi connectivity index (χ1v) is 7.54. The van der Waals surface area contributed by atoms with Crippen LogP contribution in [0.1, 0.15) is 18.4 Å². The Kier molecular flexibility index (Phi) is 6.42. The van der Waals surface area contributed by atoms with E-state index in [0.29, 0.717) is 23.2 Å². The summed E-state index contributed by atoms with van der Waals surface area (Å²) in [5, 5.41) is 7.67. The first-order valence-electron chi connectivity index (χ1n) is 7.13. The third-order valence-corrected chi connectivity index (χ3v) is 3.54. The molecular formula is C15H21N3O3S. The van der Waals surface area contributed by atoms with E-state index in [4.69, 9.17) is 26.4 Å². The molecule has 1 heterocycles. The largest absolute Gasteiger partial charge is 0.493 e. The summed E-state index contributed by atoms with van der Waals surface area (Å²) in [5.41, 5.74) is 3.66. The number of hydrazone groups is 1. The molecule has 0 bridgehead atoms. The SMILES string of the molecule is COc1ccc(/C=N\NC(=S)NC[C@@H]2CCCO2)cc1OC. The molecule has 0 saturated carbocycles. The average molecular weight is 323 g/mol. The van der Waals surface area contributed by atoms with E-state index in [-0.39, 0.29) is 6.10 Å². The van der Waals surface area contributed by atoms with E-state index in [2.05, 4.69) is 15.8 Å². The highest BCUT2D eigenvalue weighted by atomic mass is 32.1. The zero-order valence-corrected chi connectivity index (χ0v) is 13.6. The zero-order chi connectivity index (χ0) is 15.8. The van der Waals surface area contributed by atoms with E-state index in [0.717, 1.165) is 25.0 Å². The lowest BCUT2D eigenvalue weighted by Gasteiger charge is -2.11. The summed E-state index contributed by atoms with van der Waals surface area (Å²) in [6.45, 7) is 1.54. The van der Waals surface area contributed by atoms with Crippen molar-refractivity contribution in [3.05, 3.63) is 23.8 Å². The number of benzene rings is 1. The molecule has 2 N–H and O–H groups in total. The van der Waals surface area contributed by atoms with Crippen molar-refractivity contribution < 1.29 is 14.2 Å². The first kappa shape index (κ1) is 16.5. The molecule has 7 heteroatoms. The van der Waals surface area contributed by atoms with Gasteiger partial charge >= 0.3 is 0 Å². The zero-order valence-electron chi connectivity index (χ0n) is 12.8. The third-order valence-electron chi connectivity index (χ3n) is 3.30. The normalized spacial score (nSPS) is 17.5. The summed E-state index contributed by atoms with van der Waals surface area (Å²) in [5.74, 6) is 1.34. The van der Waals surface area contributed by atoms with Crippen LogP contribution in [0.3, 0.4) is 0 Å². The predicted octanol–water partition coefficient (Wildman–Crippen LogP) is 1.68. The molecule has 1 saturated heterocycles. The number of ether oxygens (including phenoxy) is 3. The molecule has 0 spiro atoms. The molecule has 1 aliphatic rings. The van der Waals surface area contributed by atoms with Crippen molar-refractivity contribution in [3.8, 4) is 11.5 Å². The van der Waals surface area contributed by atoms with Crippen LogP contribution in [0.5, 0.6) is 11.5 Å². The molecule has 1 atom stereocenters. The van der Waals surface area contributed by atoms with Crippen LogP contribution in [0.15, 0.2) is 23.3 Å². The Labute approximate surface area is 135 Å². The van der Waals surface area contributed by atoms with E-state index in [9.17, 15) is 0 Å². The molecule has 0 amide bonds. The van der Waals surface area contributed by atoms with Gasteiger partial charge in [-0.15, -0.1) is 0 Å². The van der Waals surface area contributed by atoms with Crippen molar-refractivity contribution in [2.75, 3.05) is 27.4 Å². The van der Waals surface area contributed by atoms with E-state index in [1.807, 2.05) is 18.2 Å². The number of hydrogen-bond donors (Lipinski definition) is 2. The maximum absolute atomic E-state index is 5.51. The number of nitrogens with one attached hydrogen (secondary N) is 2. The van der Waals surface area contributed by atoms with Gasteiger partial charge in [0.05, 0.1) is 26.5 Å². The van der Waals surface area contributed by atoms with Gasteiger partial charge < -0.3 is 19.5 Å². The van der Waals surface area contributed by atoms with Crippen LogP contribution in [0, 0.1) is 0 Å². The van der Waals surface area contributed by atoms with E-state index >= 15 is 0 Å². The number of methoxy groups -OCH3 is 2. The Hall–Kier alpha value is -1.86. The van der Waals surface area contributed by atoms with Gasteiger partial charge in [0.15, 0.2) is 16.6 Å². The fourth-order valence-corrected chi connectivity index (χ4v) is 2.29. The highest BCUT2D eigenvalue weighted by molar-refractivity contribution is 7.80. The fourth-order valence-electron chi connectivity index (χ4n) is 2.15. The standard InChI is InChI=1S/C15H21N3O3S/c1-19-13-6-5-11(8-14(13)20-2)9-17-18-15(22)16-10-12-4-3-7-21-12/h5-6,8-9,12H,3-4,7,10H2,1-2H3,(H2,16,18,22)/b17-9-/t12-/m0/s1. The molecule has 1 aromatic carbocycles. The topological polar surface area (TPSA) is 64.1 Å². The molecule has 1 aliphatic heterocycles. The molecule has 0 aliphatic carbocycles. The van der Waals surface area contributed by atoms with Gasteiger partial charge in [0.1, 0.15) is 0 Å². The van der Waals surface area contributed by atoms with Gasteiger partial charge in [0.2, 0.25) is 0 Å². The van der Waals surface area contributed by atoms with Crippen LogP contribution in [0.2, 0.25) is 0 Å². The summed E-state index contributed by atoms with van der Waals surface area (Å²) in [6.07, 6.45) is 4.10. The van der Waals surface area contributed by atoms with Crippen molar-refractivity contribution in [2.24, 2.45) is 5.10 Å². The molecule has 1 aromatic rings. The predicted molar refractivity (Wildman–Crippen MR) is 89.9 cm³/mol. The highest BCUT2D eigenvalue weighted by Crippen LogP contribution is 2.26. The number of nitrogens with zero attached hydrogens (tertiary/aromatic N) is 1. The molecule has 120 valence electrons. The van der Waals surface area contributed by atoms with Crippen LogP contribution in [0.4, 0.5) is 0 Å². The summed E-state index contributed by atoms with van der Waals surface area (Å²) in [4.78, 5) is 0. The van der Waals surface area contributed by atoms with Crippen molar-refractivity contribution in [2.45, 2.75) is 18.9 Å². The lowest BCUT2D eigenvalue weighted by molar-refractivity contribution is 0.114. The van der Waals surface area contributed by atoms with Crippen molar-refractivity contribution in [3.63, 3.8) is 0 Å². The van der Waals surface area contributed by atoms with E-state index < -0.39 is 0 Å². The van der Waals surface area contributed by atoms with Crippen LogP contribution in [-0.2, 0) is 4.74 Å². The number of hydrogen-bond acceptors (Lipinski definition) is 5. The Balaban J connectivity index is 1.79. The molecule has 2 rings (SSSR count). The molecule has 0 aromatic heterocycles. The minimum absolute atomic E-state index is 0.245. The van der Waals surface area contributed by atoms with E-state index in [1.54, 1.807) is 20.4 Å². The Morgan fingerprint density at radius 3 is 2.91 bits per heavy atom. The molecular weight excluding hydrogens is 302 g/mol. The lowest BCUT2D eigenvalue weighted by Crippen LogP contribution is -2.37. The van der Waals surface area contributed by atoms with Gasteiger partial charge in [-0.2, -0.15) is 5.10 Å². The van der Waals surface area contributed by atoms with Gasteiger partial charge in [0.25, 0.3) is 0 Å². The quantitative estimate of drug-likeness (QED) is 0.472. The highest BCUT2D eigenvalue weighted by Gasteiger charge is 2.14. The molecule has 6 nitrogen and oxygen atoms in total. The van der Waals surface area contributed by atoms with Crippen LogP contribution >= 0.6 is 12.2 Å². The Bertz CT molecular complexity index is 531. The van der Waals surface area contributed by atoms with Gasteiger partial charge in [-0.3, -0.25) is 5.43 Å². The molecule has 22 heavy (non-hydrogen) atoms. The van der Waals surface area contributed by atoms with Crippen molar-refractivity contribution in [1.82, 2.24) is 10.7 Å². The lowest BCUT2D eigenvalue weighted by atomic mass is 10.2. The number of rotatable bonds is 6. The number of thiocarbonyl (C=S) groups is 1. The van der Waals surface area contributed by atoms with E-state index in [1.165, 1.54) is 0 Å². The van der Waals surface area contributed by atoms with Crippen molar-refractivity contribution >= 4 is 23.5 Å². The summed E-state index contributed by atoms with van der Waals surface area (Å²) in [7, 11) is 3.20. The summed E-state index contributed by atoms with van der Waals surface area (Å²) >= 11 is 5.16. The Morgan fingerprint density at radius 1 is 1.41 bits per heavy atom. The van der Waals surface area contributed by atoms with Gasteiger partial charge in [-0.25, -0.2) is 0 Å². The van der Waals surface area contributed by atoms with Gasteiger partial charge in [-0.1, -0.05) is 0 Å². The molecule has 0 radical (unpaired) electrons. The summed E-state index contributed by atoms with van der Waals surface area (Å²) < 4.78 is 15.9. The minimum atomic E-state index is 0.245. The van der Waals surface area contributed by atoms with Crippen LogP contribution in [-0.4, -0.2) is 44.8 Å². The Morgan fingerprint density at radius 2 is 2.23 bits per heavy atom. The smallest absolute Gasteiger partial charge is 0.187 e. The average Bonchev–Trinajstić information content (AvgIpc) is 3.06. The van der Waals surface area contributed by atoms with Gasteiger partial charge in [-0.05, 0) is 48.8 Å². The van der Waals surface area contributed by atoms with Crippen molar-refractivity contribution in [1.29, 1.82) is 0 Å². The van der Waals surface area contributed by atoms with Crippen LogP contribution < -0.4 is 20.2 Å². The second kappa shape index (κ2) is 8.55. The summed E-state index contributed by atoms with van der Waals surface area (Å²) in [6, 6.07) is 5.55. The monoisotopic (exact) mass is 323 g/mol. The molecule has 1 fully saturated rings.